The summed E-state index contributed by atoms with van der Waals surface area (Å²) in [6.45, 7) is 2.20. The fourth-order valence-corrected chi connectivity index (χ4v) is 5.22. The first kappa shape index (κ1) is 35.1. The van der Waals surface area contributed by atoms with Crippen LogP contribution in [0.1, 0.15) is 76.7 Å². The minimum atomic E-state index is -4.66. The predicted octanol–water partition coefficient (Wildman–Crippen LogP) is 5.33. The van der Waals surface area contributed by atoms with E-state index in [2.05, 4.69) is 11.3 Å². The van der Waals surface area contributed by atoms with Crippen LogP contribution in [-0.2, 0) is 31.0 Å². The standard InChI is InChI=1S/C24H34O7S2.2Na/c1-2-3-4-5-6-7-8-9-10-12-16-21-17-15-20-23(24(21)32(25,26)27)30-31-33(28,29)22-18-13-11-14-19-22;;/h11,13-15,17-20H,2-10,12,16H2,1H3,(H,25,26,27);;. The molecule has 2 aromatic rings. The Morgan fingerprint density at radius 1 is 0.714 bits per heavy atom. The van der Waals surface area contributed by atoms with Crippen molar-refractivity contribution in [3.05, 3.63) is 54.1 Å². The number of unbranched alkanes of at least 4 members (excludes halogenated alkanes) is 9. The zero-order chi connectivity index (χ0) is 24.2. The van der Waals surface area contributed by atoms with Crippen molar-refractivity contribution in [3.8, 4) is 5.75 Å². The molecule has 0 heterocycles. The van der Waals surface area contributed by atoms with Crippen LogP contribution in [0.2, 0.25) is 0 Å². The minimum Gasteiger partial charge on any atom is -0.319 e. The second-order valence-electron chi connectivity index (χ2n) is 8.07. The van der Waals surface area contributed by atoms with E-state index >= 15 is 0 Å². The maximum Gasteiger partial charge on any atom is 0.332 e. The molecule has 35 heavy (non-hydrogen) atoms. The summed E-state index contributed by atoms with van der Waals surface area (Å²) in [6.07, 6.45) is 11.9. The van der Waals surface area contributed by atoms with Gasteiger partial charge in [0.15, 0.2) is 5.75 Å². The van der Waals surface area contributed by atoms with Crippen molar-refractivity contribution in [2.75, 3.05) is 0 Å². The molecule has 0 aliphatic heterocycles. The summed E-state index contributed by atoms with van der Waals surface area (Å²) >= 11 is 0. The molecule has 0 unspecified atom stereocenters. The Bertz CT molecular complexity index is 1060. The summed E-state index contributed by atoms with van der Waals surface area (Å²) in [5.41, 5.74) is 0.357. The smallest absolute Gasteiger partial charge is 0.319 e. The largest absolute Gasteiger partial charge is 0.332 e. The Kier molecular flexibility index (Phi) is 18.4. The number of hydrogen-bond acceptors (Lipinski definition) is 6. The SMILES string of the molecule is CCCCCCCCCCCCc1cccc(OOS(=O)(=O)c2ccccc2)c1S(=O)(=O)O.[Na].[Na]. The maximum absolute atomic E-state index is 12.3. The molecule has 0 fully saturated rings. The van der Waals surface area contributed by atoms with Gasteiger partial charge in [-0.3, -0.25) is 4.55 Å². The molecule has 11 heteroatoms. The van der Waals surface area contributed by atoms with Crippen molar-refractivity contribution in [1.82, 2.24) is 0 Å². The first-order chi connectivity index (χ1) is 15.8. The molecule has 0 aliphatic rings. The zero-order valence-corrected chi connectivity index (χ0v) is 26.7. The van der Waals surface area contributed by atoms with Crippen molar-refractivity contribution >= 4 is 79.4 Å². The van der Waals surface area contributed by atoms with Crippen LogP contribution in [0.4, 0.5) is 0 Å². The van der Waals surface area contributed by atoms with Gasteiger partial charge in [-0.2, -0.15) is 16.8 Å². The third kappa shape index (κ3) is 12.9. The van der Waals surface area contributed by atoms with E-state index in [9.17, 15) is 21.4 Å². The van der Waals surface area contributed by atoms with Crippen molar-refractivity contribution < 1.29 is 30.6 Å². The molecule has 186 valence electrons. The summed E-state index contributed by atoms with van der Waals surface area (Å²) < 4.78 is 62.9. The van der Waals surface area contributed by atoms with E-state index in [0.29, 0.717) is 12.0 Å². The maximum atomic E-state index is 12.3. The molecule has 2 aromatic carbocycles. The van der Waals surface area contributed by atoms with Crippen LogP contribution < -0.4 is 4.89 Å². The van der Waals surface area contributed by atoms with Gasteiger partial charge in [-0.1, -0.05) is 99.4 Å². The molecule has 0 saturated carbocycles. The quantitative estimate of drug-likeness (QED) is 0.100. The molecule has 0 aromatic heterocycles. The molecule has 0 aliphatic carbocycles. The van der Waals surface area contributed by atoms with E-state index in [1.807, 2.05) is 0 Å². The molecule has 7 nitrogen and oxygen atoms in total. The van der Waals surface area contributed by atoms with Gasteiger partial charge in [0.2, 0.25) is 0 Å². The topological polar surface area (TPSA) is 107 Å². The zero-order valence-electron chi connectivity index (χ0n) is 21.1. The van der Waals surface area contributed by atoms with Crippen LogP contribution in [0, 0.1) is 0 Å². The number of aryl methyl sites for hydroxylation is 1. The molecule has 2 radical (unpaired) electrons. The molecule has 0 amide bonds. The molecule has 0 bridgehead atoms. The third-order valence-electron chi connectivity index (χ3n) is 5.36. The van der Waals surface area contributed by atoms with Gasteiger partial charge in [0.05, 0.1) is 4.90 Å². The first-order valence-corrected chi connectivity index (χ1v) is 14.4. The third-order valence-corrected chi connectivity index (χ3v) is 7.44. The van der Waals surface area contributed by atoms with Crippen molar-refractivity contribution in [2.24, 2.45) is 0 Å². The van der Waals surface area contributed by atoms with Gasteiger partial charge in [0, 0.05) is 59.1 Å². The summed E-state index contributed by atoms with van der Waals surface area (Å²) in [5.74, 6) is -0.374. The Morgan fingerprint density at radius 2 is 1.26 bits per heavy atom. The fraction of sp³-hybridized carbons (Fsp3) is 0.500. The van der Waals surface area contributed by atoms with Crippen molar-refractivity contribution in [1.29, 1.82) is 0 Å². The van der Waals surface area contributed by atoms with Gasteiger partial charge in [-0.15, -0.1) is 0 Å². The Hall–Kier alpha value is 0.0600. The van der Waals surface area contributed by atoms with E-state index in [-0.39, 0.29) is 69.8 Å². The van der Waals surface area contributed by atoms with Crippen LogP contribution in [0.25, 0.3) is 0 Å². The van der Waals surface area contributed by atoms with E-state index < -0.39 is 25.1 Å². The second kappa shape index (κ2) is 18.3. The van der Waals surface area contributed by atoms with Gasteiger partial charge < -0.3 is 4.89 Å². The summed E-state index contributed by atoms with van der Waals surface area (Å²) in [7, 11) is -8.93. The number of hydrogen-bond donors (Lipinski definition) is 1. The summed E-state index contributed by atoms with van der Waals surface area (Å²) in [6, 6.07) is 11.7. The van der Waals surface area contributed by atoms with E-state index in [4.69, 9.17) is 4.89 Å². The van der Waals surface area contributed by atoms with Crippen LogP contribution in [0.5, 0.6) is 5.75 Å². The van der Waals surface area contributed by atoms with E-state index in [1.165, 1.54) is 74.9 Å². The molecule has 0 atom stereocenters. The average Bonchev–Trinajstić information content (AvgIpc) is 2.79. The van der Waals surface area contributed by atoms with Crippen LogP contribution >= 0.6 is 0 Å². The molecule has 0 spiro atoms. The van der Waals surface area contributed by atoms with Crippen molar-refractivity contribution in [3.63, 3.8) is 0 Å². The Morgan fingerprint density at radius 3 is 1.80 bits per heavy atom. The Balaban J connectivity index is 0.00000578. The van der Waals surface area contributed by atoms with E-state index in [0.717, 1.165) is 25.7 Å². The molecular weight excluding hydrogens is 510 g/mol. The fourth-order valence-electron chi connectivity index (χ4n) is 3.63. The second-order valence-corrected chi connectivity index (χ2v) is 10.9. The average molecular weight is 545 g/mol. The normalized spacial score (nSPS) is 11.4. The predicted molar refractivity (Wildman–Crippen MR) is 139 cm³/mol. The van der Waals surface area contributed by atoms with Gasteiger partial charge in [-0.25, -0.2) is 0 Å². The van der Waals surface area contributed by atoms with Gasteiger partial charge in [0.25, 0.3) is 10.1 Å². The molecule has 2 rings (SSSR count). The summed E-state index contributed by atoms with van der Waals surface area (Å²) in [5, 5.41) is 0. The van der Waals surface area contributed by atoms with Gasteiger partial charge in [-0.05, 0) is 36.6 Å². The molecule has 1 N–H and O–H groups in total. The van der Waals surface area contributed by atoms with Gasteiger partial charge in [0.1, 0.15) is 4.90 Å². The van der Waals surface area contributed by atoms with Gasteiger partial charge >= 0.3 is 10.1 Å². The van der Waals surface area contributed by atoms with Crippen molar-refractivity contribution in [2.45, 2.75) is 87.3 Å². The number of benzene rings is 2. The minimum absolute atomic E-state index is 0. The molecular formula is C24H34Na2O7S2. The van der Waals surface area contributed by atoms with Crippen LogP contribution in [0.3, 0.4) is 0 Å². The molecule has 0 saturated heterocycles. The number of rotatable bonds is 16. The van der Waals surface area contributed by atoms with E-state index in [1.54, 1.807) is 12.1 Å². The monoisotopic (exact) mass is 544 g/mol. The summed E-state index contributed by atoms with van der Waals surface area (Å²) in [4.78, 5) is 4.29. The first-order valence-electron chi connectivity index (χ1n) is 11.5. The Labute approximate surface area is 254 Å². The van der Waals surface area contributed by atoms with Crippen LogP contribution in [0.15, 0.2) is 58.3 Å². The van der Waals surface area contributed by atoms with Crippen LogP contribution in [-0.4, -0.2) is 80.5 Å².